The van der Waals surface area contributed by atoms with Crippen molar-refractivity contribution < 1.29 is 24.0 Å². The van der Waals surface area contributed by atoms with E-state index in [2.05, 4.69) is 15.9 Å². The fraction of sp³-hybridized carbons (Fsp3) is 0.429. The van der Waals surface area contributed by atoms with Crippen molar-refractivity contribution in [3.8, 4) is 0 Å². The maximum atomic E-state index is 12.1. The molecule has 0 atom stereocenters. The number of nitrogens with two attached hydrogens (primary N) is 1. The number of esters is 2. The number of hydrogen-bond acceptors (Lipinski definition) is 7. The summed E-state index contributed by atoms with van der Waals surface area (Å²) in [5.74, 6) is -1.98. The number of carbonyl (C=O) groups is 2. The first-order chi connectivity index (χ1) is 10.8. The fourth-order valence-corrected chi connectivity index (χ4v) is 2.25. The van der Waals surface area contributed by atoms with E-state index in [4.69, 9.17) is 15.2 Å². The van der Waals surface area contributed by atoms with Crippen molar-refractivity contribution in [2.24, 2.45) is 5.73 Å². The summed E-state index contributed by atoms with van der Waals surface area (Å²) in [4.78, 5) is 34.8. The van der Waals surface area contributed by atoms with Crippen LogP contribution < -0.4 is 5.73 Å². The molecule has 2 N–H and O–H groups in total. The highest BCUT2D eigenvalue weighted by Gasteiger charge is 2.46. The monoisotopic (exact) mass is 388 g/mol. The molecule has 0 fully saturated rings. The topological polar surface area (TPSA) is 122 Å². The quantitative estimate of drug-likeness (QED) is 0.326. The van der Waals surface area contributed by atoms with Crippen LogP contribution in [0.4, 0.5) is 5.69 Å². The van der Waals surface area contributed by atoms with Gasteiger partial charge in [-0.1, -0.05) is 22.0 Å². The zero-order chi connectivity index (χ0) is 17.6. The highest BCUT2D eigenvalue weighted by molar-refractivity contribution is 9.10. The van der Waals surface area contributed by atoms with Crippen molar-refractivity contribution in [3.05, 3.63) is 38.3 Å². The molecule has 0 saturated carbocycles. The van der Waals surface area contributed by atoms with Crippen LogP contribution in [0.1, 0.15) is 19.4 Å². The highest BCUT2D eigenvalue weighted by atomic mass is 79.9. The third-order valence-electron chi connectivity index (χ3n) is 2.99. The number of hydrogen-bond donors (Lipinski definition) is 1. The molecule has 1 rings (SSSR count). The van der Waals surface area contributed by atoms with Crippen molar-refractivity contribution in [1.82, 2.24) is 0 Å². The minimum Gasteiger partial charge on any atom is -0.464 e. The molecule has 0 aromatic heterocycles. The first-order valence-electron chi connectivity index (χ1n) is 6.82. The second kappa shape index (κ2) is 8.02. The molecule has 0 amide bonds. The van der Waals surface area contributed by atoms with Crippen molar-refractivity contribution >= 4 is 33.6 Å². The lowest BCUT2D eigenvalue weighted by Gasteiger charge is -2.24. The van der Waals surface area contributed by atoms with E-state index in [1.807, 2.05) is 0 Å². The van der Waals surface area contributed by atoms with E-state index in [1.165, 1.54) is 12.1 Å². The summed E-state index contributed by atoms with van der Waals surface area (Å²) in [5, 5.41) is 11.2. The molecule has 0 aliphatic heterocycles. The van der Waals surface area contributed by atoms with Gasteiger partial charge in [0.15, 0.2) is 0 Å². The third-order valence-corrected chi connectivity index (χ3v) is 3.49. The van der Waals surface area contributed by atoms with Gasteiger partial charge in [0.2, 0.25) is 5.54 Å². The van der Waals surface area contributed by atoms with Crippen LogP contribution in [0.2, 0.25) is 0 Å². The average molecular weight is 389 g/mol. The first-order valence-corrected chi connectivity index (χ1v) is 7.61. The summed E-state index contributed by atoms with van der Waals surface area (Å²) in [6.07, 6.45) is -0.408. The molecule has 0 bridgehead atoms. The van der Waals surface area contributed by atoms with Crippen LogP contribution in [0, 0.1) is 10.1 Å². The molecule has 9 heteroatoms. The zero-order valence-electron chi connectivity index (χ0n) is 12.7. The standard InChI is InChI=1S/C14H17BrN2O6/c1-3-22-12(18)14(16,13(19)23-4-2)8-9-5-6-10(15)7-11(9)17(20)21/h5-7H,3-4,8,16H2,1-2H3. The molecular formula is C14H17BrN2O6. The second-order valence-corrected chi connectivity index (χ2v) is 5.53. The molecule has 23 heavy (non-hydrogen) atoms. The molecule has 0 radical (unpaired) electrons. The lowest BCUT2D eigenvalue weighted by atomic mass is 9.91. The van der Waals surface area contributed by atoms with Gasteiger partial charge in [-0.05, 0) is 19.9 Å². The van der Waals surface area contributed by atoms with Gasteiger partial charge in [-0.25, -0.2) is 9.59 Å². The van der Waals surface area contributed by atoms with Crippen molar-refractivity contribution in [3.63, 3.8) is 0 Å². The Bertz CT molecular complexity index is 601. The summed E-state index contributed by atoms with van der Waals surface area (Å²) < 4.78 is 10.1. The minimum atomic E-state index is -2.15. The number of benzene rings is 1. The molecule has 0 unspecified atom stereocenters. The molecule has 0 aliphatic rings. The van der Waals surface area contributed by atoms with Gasteiger partial charge in [0.05, 0.1) is 18.1 Å². The summed E-state index contributed by atoms with van der Waals surface area (Å²) in [7, 11) is 0. The first kappa shape index (κ1) is 19.0. The van der Waals surface area contributed by atoms with Gasteiger partial charge < -0.3 is 15.2 Å². The molecule has 0 saturated heterocycles. The maximum absolute atomic E-state index is 12.1. The van der Waals surface area contributed by atoms with Crippen LogP contribution >= 0.6 is 15.9 Å². The summed E-state index contributed by atoms with van der Waals surface area (Å²) in [6.45, 7) is 3.15. The number of ether oxygens (including phenoxy) is 2. The Morgan fingerprint density at radius 3 is 2.22 bits per heavy atom. The van der Waals surface area contributed by atoms with E-state index in [-0.39, 0.29) is 24.5 Å². The molecular weight excluding hydrogens is 372 g/mol. The molecule has 126 valence electrons. The minimum absolute atomic E-state index is 0.0135. The SMILES string of the molecule is CCOC(=O)C(N)(Cc1ccc(Br)cc1[N+](=O)[O-])C(=O)OCC. The number of nitro groups is 1. The van der Waals surface area contributed by atoms with E-state index in [0.717, 1.165) is 0 Å². The van der Waals surface area contributed by atoms with Crippen molar-refractivity contribution in [2.45, 2.75) is 25.8 Å². The molecule has 0 heterocycles. The lowest BCUT2D eigenvalue weighted by molar-refractivity contribution is -0.385. The van der Waals surface area contributed by atoms with Crippen LogP contribution in [0.15, 0.2) is 22.7 Å². The molecule has 0 spiro atoms. The van der Waals surface area contributed by atoms with Gasteiger partial charge in [0.25, 0.3) is 5.69 Å². The number of halogens is 1. The van der Waals surface area contributed by atoms with Crippen molar-refractivity contribution in [1.29, 1.82) is 0 Å². The predicted octanol–water partition coefficient (Wildman–Crippen LogP) is 1.72. The van der Waals surface area contributed by atoms with Gasteiger partial charge in [-0.3, -0.25) is 10.1 Å². The van der Waals surface area contributed by atoms with E-state index in [0.29, 0.717) is 4.47 Å². The van der Waals surface area contributed by atoms with Gasteiger partial charge >= 0.3 is 11.9 Å². The largest absolute Gasteiger partial charge is 0.464 e. The molecule has 8 nitrogen and oxygen atoms in total. The van der Waals surface area contributed by atoms with Gasteiger partial charge in [0, 0.05) is 22.5 Å². The van der Waals surface area contributed by atoms with E-state index >= 15 is 0 Å². The number of carbonyl (C=O) groups excluding carboxylic acids is 2. The zero-order valence-corrected chi connectivity index (χ0v) is 14.3. The lowest BCUT2D eigenvalue weighted by Crippen LogP contribution is -2.58. The fourth-order valence-electron chi connectivity index (χ4n) is 1.90. The van der Waals surface area contributed by atoms with E-state index in [9.17, 15) is 19.7 Å². The Morgan fingerprint density at radius 2 is 1.78 bits per heavy atom. The van der Waals surface area contributed by atoms with E-state index in [1.54, 1.807) is 19.9 Å². The Morgan fingerprint density at radius 1 is 1.26 bits per heavy atom. The molecule has 1 aromatic rings. The highest BCUT2D eigenvalue weighted by Crippen LogP contribution is 2.27. The third kappa shape index (κ3) is 4.49. The molecule has 0 aliphatic carbocycles. The van der Waals surface area contributed by atoms with Crippen molar-refractivity contribution in [2.75, 3.05) is 13.2 Å². The smallest absolute Gasteiger partial charge is 0.338 e. The Kier molecular flexibility index (Phi) is 6.64. The van der Waals surface area contributed by atoms with Crippen LogP contribution in [0.5, 0.6) is 0 Å². The Balaban J connectivity index is 3.28. The summed E-state index contributed by atoms with van der Waals surface area (Å²) in [5.41, 5.74) is 3.63. The van der Waals surface area contributed by atoms with Crippen LogP contribution in [-0.4, -0.2) is 35.6 Å². The number of rotatable bonds is 7. The second-order valence-electron chi connectivity index (χ2n) is 4.62. The normalized spacial score (nSPS) is 11.0. The maximum Gasteiger partial charge on any atom is 0.338 e. The van der Waals surface area contributed by atoms with Crippen LogP contribution in [-0.2, 0) is 25.5 Å². The van der Waals surface area contributed by atoms with Gasteiger partial charge in [-0.15, -0.1) is 0 Å². The van der Waals surface area contributed by atoms with E-state index < -0.39 is 28.8 Å². The predicted molar refractivity (Wildman–Crippen MR) is 84.7 cm³/mol. The molecule has 1 aromatic carbocycles. The van der Waals surface area contributed by atoms with Crippen LogP contribution in [0.25, 0.3) is 0 Å². The number of nitrogens with zero attached hydrogens (tertiary/aromatic N) is 1. The van der Waals surface area contributed by atoms with Gasteiger partial charge in [0.1, 0.15) is 0 Å². The van der Waals surface area contributed by atoms with Gasteiger partial charge in [-0.2, -0.15) is 0 Å². The number of nitro benzene ring substituents is 1. The summed E-state index contributed by atoms with van der Waals surface area (Å²) in [6, 6.07) is 4.24. The Hall–Kier alpha value is -2.00. The Labute approximate surface area is 141 Å². The summed E-state index contributed by atoms with van der Waals surface area (Å²) >= 11 is 3.13. The van der Waals surface area contributed by atoms with Crippen LogP contribution in [0.3, 0.4) is 0 Å². The average Bonchev–Trinajstić information content (AvgIpc) is 2.49.